The molecule has 5 heteroatoms. The molecule has 1 saturated heterocycles. The first kappa shape index (κ1) is 16.7. The lowest BCUT2D eigenvalue weighted by atomic mass is 9.73. The van der Waals surface area contributed by atoms with Crippen LogP contribution in [0.5, 0.6) is 0 Å². The van der Waals surface area contributed by atoms with Crippen molar-refractivity contribution in [3.8, 4) is 0 Å². The maximum atomic E-state index is 12.6. The van der Waals surface area contributed by atoms with Crippen molar-refractivity contribution in [2.24, 2.45) is 0 Å². The van der Waals surface area contributed by atoms with Gasteiger partial charge in [0.05, 0.1) is 5.41 Å². The number of carboxylic acids is 1. The summed E-state index contributed by atoms with van der Waals surface area (Å²) in [7, 11) is 0. The predicted octanol–water partition coefficient (Wildman–Crippen LogP) is 3.71. The molecule has 3 rings (SSSR count). The molecular formula is C19H18BrNO3. The Hall–Kier alpha value is -2.14. The summed E-state index contributed by atoms with van der Waals surface area (Å²) in [6.07, 6.45) is 0.845. The van der Waals surface area contributed by atoms with Crippen molar-refractivity contribution < 1.29 is 14.7 Å². The monoisotopic (exact) mass is 387 g/mol. The van der Waals surface area contributed by atoms with E-state index in [1.54, 1.807) is 17.0 Å². The van der Waals surface area contributed by atoms with E-state index in [0.717, 1.165) is 10.0 Å². The number of hydrogen-bond donors (Lipinski definition) is 1. The number of carbonyl (C=O) groups is 2. The largest absolute Gasteiger partial charge is 0.481 e. The van der Waals surface area contributed by atoms with Crippen molar-refractivity contribution in [1.29, 1.82) is 0 Å². The Bertz CT molecular complexity index is 752. The Morgan fingerprint density at radius 2 is 1.67 bits per heavy atom. The summed E-state index contributed by atoms with van der Waals surface area (Å²) in [5, 5.41) is 9.81. The third kappa shape index (κ3) is 3.08. The molecule has 124 valence electrons. The molecule has 0 aromatic heterocycles. The number of hydrogen-bond acceptors (Lipinski definition) is 2. The van der Waals surface area contributed by atoms with Gasteiger partial charge in [-0.2, -0.15) is 0 Å². The molecule has 1 aliphatic rings. The number of rotatable bonds is 3. The summed E-state index contributed by atoms with van der Waals surface area (Å²) in [6, 6.07) is 16.6. The van der Waals surface area contributed by atoms with Gasteiger partial charge in [-0.1, -0.05) is 52.3 Å². The number of aliphatic carboxylic acids is 1. The van der Waals surface area contributed by atoms with E-state index in [1.807, 2.05) is 42.5 Å². The Morgan fingerprint density at radius 3 is 2.25 bits per heavy atom. The molecular weight excluding hydrogens is 370 g/mol. The molecule has 0 radical (unpaired) electrons. The minimum Gasteiger partial charge on any atom is -0.481 e. The molecule has 0 aliphatic carbocycles. The van der Waals surface area contributed by atoms with Crippen molar-refractivity contribution in [1.82, 2.24) is 4.90 Å². The van der Waals surface area contributed by atoms with E-state index in [-0.39, 0.29) is 5.91 Å². The average molecular weight is 388 g/mol. The van der Waals surface area contributed by atoms with Crippen molar-refractivity contribution in [2.75, 3.05) is 13.1 Å². The van der Waals surface area contributed by atoms with E-state index < -0.39 is 11.4 Å². The van der Waals surface area contributed by atoms with Crippen molar-refractivity contribution >= 4 is 27.8 Å². The van der Waals surface area contributed by atoms with E-state index >= 15 is 0 Å². The zero-order valence-corrected chi connectivity index (χ0v) is 14.7. The summed E-state index contributed by atoms with van der Waals surface area (Å²) in [4.78, 5) is 26.3. The average Bonchev–Trinajstić information content (AvgIpc) is 2.62. The molecule has 1 amide bonds. The van der Waals surface area contributed by atoms with E-state index in [9.17, 15) is 14.7 Å². The van der Waals surface area contributed by atoms with Gasteiger partial charge in [0.2, 0.25) is 0 Å². The second kappa shape index (κ2) is 6.77. The highest BCUT2D eigenvalue weighted by Crippen LogP contribution is 2.36. The first-order chi connectivity index (χ1) is 11.5. The van der Waals surface area contributed by atoms with Gasteiger partial charge in [0.25, 0.3) is 5.91 Å². The quantitative estimate of drug-likeness (QED) is 0.872. The number of halogens is 1. The fourth-order valence-electron chi connectivity index (χ4n) is 3.28. The van der Waals surface area contributed by atoms with E-state index in [4.69, 9.17) is 0 Å². The van der Waals surface area contributed by atoms with Gasteiger partial charge in [-0.05, 0) is 36.6 Å². The van der Waals surface area contributed by atoms with Gasteiger partial charge < -0.3 is 10.0 Å². The molecule has 0 unspecified atom stereocenters. The van der Waals surface area contributed by atoms with E-state index in [1.165, 1.54) is 0 Å². The van der Waals surface area contributed by atoms with Gasteiger partial charge in [-0.15, -0.1) is 0 Å². The van der Waals surface area contributed by atoms with Gasteiger partial charge in [-0.25, -0.2) is 0 Å². The van der Waals surface area contributed by atoms with E-state index in [0.29, 0.717) is 31.5 Å². The van der Waals surface area contributed by atoms with E-state index in [2.05, 4.69) is 15.9 Å². The van der Waals surface area contributed by atoms with Crippen LogP contribution in [0.3, 0.4) is 0 Å². The second-order valence-corrected chi connectivity index (χ2v) is 6.97. The Morgan fingerprint density at radius 1 is 1.00 bits per heavy atom. The highest BCUT2D eigenvalue weighted by Gasteiger charge is 2.43. The zero-order valence-electron chi connectivity index (χ0n) is 13.1. The zero-order chi connectivity index (χ0) is 17.2. The normalized spacial score (nSPS) is 16.6. The molecule has 1 N–H and O–H groups in total. The van der Waals surface area contributed by atoms with Crippen LogP contribution >= 0.6 is 15.9 Å². The fourth-order valence-corrected chi connectivity index (χ4v) is 3.68. The van der Waals surface area contributed by atoms with Crippen LogP contribution in [0.15, 0.2) is 59.1 Å². The Labute approximate surface area is 149 Å². The summed E-state index contributed by atoms with van der Waals surface area (Å²) < 4.78 is 0.856. The van der Waals surface area contributed by atoms with Gasteiger partial charge in [0.1, 0.15) is 0 Å². The van der Waals surface area contributed by atoms with Crippen molar-refractivity contribution in [3.63, 3.8) is 0 Å². The minimum atomic E-state index is -0.907. The summed E-state index contributed by atoms with van der Waals surface area (Å²) in [5.41, 5.74) is 0.522. The standard InChI is InChI=1S/C19H18BrNO3/c20-16-8-4-5-14(13-16)17(22)21-11-9-19(10-12-21,18(23)24)15-6-2-1-3-7-15/h1-8,13H,9-12H2,(H,23,24). The second-order valence-electron chi connectivity index (χ2n) is 6.06. The molecule has 4 nitrogen and oxygen atoms in total. The molecule has 1 heterocycles. The van der Waals surface area contributed by atoms with Crippen molar-refractivity contribution in [2.45, 2.75) is 18.3 Å². The third-order valence-corrected chi connectivity index (χ3v) is 5.20. The first-order valence-electron chi connectivity index (χ1n) is 7.87. The van der Waals surface area contributed by atoms with Gasteiger partial charge >= 0.3 is 5.97 Å². The highest BCUT2D eigenvalue weighted by molar-refractivity contribution is 9.10. The summed E-state index contributed by atoms with van der Waals surface area (Å²) in [6.45, 7) is 0.874. The van der Waals surface area contributed by atoms with Gasteiger partial charge in [-0.3, -0.25) is 9.59 Å². The van der Waals surface area contributed by atoms with Gasteiger partial charge in [0, 0.05) is 23.1 Å². The Balaban J connectivity index is 1.79. The van der Waals surface area contributed by atoms with Crippen LogP contribution in [-0.2, 0) is 10.2 Å². The molecule has 1 fully saturated rings. The maximum Gasteiger partial charge on any atom is 0.314 e. The number of piperidine rings is 1. The molecule has 0 saturated carbocycles. The number of benzene rings is 2. The lowest BCUT2D eigenvalue weighted by Crippen LogP contribution is -2.49. The minimum absolute atomic E-state index is 0.0525. The third-order valence-electron chi connectivity index (χ3n) is 4.71. The maximum absolute atomic E-state index is 12.6. The van der Waals surface area contributed by atoms with Crippen LogP contribution < -0.4 is 0 Å². The predicted molar refractivity (Wildman–Crippen MR) is 95.0 cm³/mol. The lowest BCUT2D eigenvalue weighted by molar-refractivity contribution is -0.145. The van der Waals surface area contributed by atoms with Crippen LogP contribution in [0, 0.1) is 0 Å². The smallest absolute Gasteiger partial charge is 0.314 e. The van der Waals surface area contributed by atoms with Crippen LogP contribution in [-0.4, -0.2) is 35.0 Å². The SMILES string of the molecule is O=C(c1cccc(Br)c1)N1CCC(C(=O)O)(c2ccccc2)CC1. The highest BCUT2D eigenvalue weighted by atomic mass is 79.9. The molecule has 0 atom stereocenters. The summed E-state index contributed by atoms with van der Waals surface area (Å²) in [5.74, 6) is -0.869. The van der Waals surface area contributed by atoms with Crippen LogP contribution in [0.4, 0.5) is 0 Å². The first-order valence-corrected chi connectivity index (χ1v) is 8.66. The summed E-state index contributed by atoms with van der Waals surface area (Å²) >= 11 is 3.37. The van der Waals surface area contributed by atoms with Crippen molar-refractivity contribution in [3.05, 3.63) is 70.2 Å². The van der Waals surface area contributed by atoms with Crippen LogP contribution in [0.1, 0.15) is 28.8 Å². The van der Waals surface area contributed by atoms with Crippen LogP contribution in [0.25, 0.3) is 0 Å². The molecule has 1 aliphatic heterocycles. The topological polar surface area (TPSA) is 57.6 Å². The molecule has 0 spiro atoms. The molecule has 2 aromatic carbocycles. The number of nitrogens with zero attached hydrogens (tertiary/aromatic N) is 1. The fraction of sp³-hybridized carbons (Fsp3) is 0.263. The lowest BCUT2D eigenvalue weighted by Gasteiger charge is -2.39. The number of carbonyl (C=O) groups excluding carboxylic acids is 1. The Kier molecular flexibility index (Phi) is 4.71. The number of likely N-dealkylation sites (tertiary alicyclic amines) is 1. The number of amides is 1. The van der Waals surface area contributed by atoms with Crippen LogP contribution in [0.2, 0.25) is 0 Å². The molecule has 24 heavy (non-hydrogen) atoms. The van der Waals surface area contributed by atoms with Gasteiger partial charge in [0.15, 0.2) is 0 Å². The molecule has 2 aromatic rings. The number of carboxylic acid groups (broad SMARTS) is 1. The molecule has 0 bridgehead atoms.